The number of rotatable bonds is 7. The second-order valence-electron chi connectivity index (χ2n) is 10.2. The van der Waals surface area contributed by atoms with Crippen LogP contribution in [0, 0.1) is 0 Å². The Balaban J connectivity index is 1.23. The van der Waals surface area contributed by atoms with Crippen LogP contribution in [0.3, 0.4) is 0 Å². The van der Waals surface area contributed by atoms with Gasteiger partial charge >= 0.3 is 12.2 Å². The van der Waals surface area contributed by atoms with Gasteiger partial charge in [0.05, 0.1) is 30.7 Å². The molecule has 3 aromatic rings. The number of carbonyl (C=O) groups excluding carboxylic acids is 2. The number of urea groups is 1. The van der Waals surface area contributed by atoms with Crippen molar-refractivity contribution in [2.24, 2.45) is 0 Å². The molecule has 41 heavy (non-hydrogen) atoms. The minimum atomic E-state index is -4.46. The van der Waals surface area contributed by atoms with Gasteiger partial charge in [-0.05, 0) is 61.4 Å². The molecule has 0 aromatic heterocycles. The van der Waals surface area contributed by atoms with E-state index in [1.807, 2.05) is 37.3 Å². The molecule has 5 atom stereocenters. The topological polar surface area (TPSA) is 109 Å². The molecule has 216 valence electrons. The number of fused-ring (bicyclic) bond motifs is 3. The Kier molecular flexibility index (Phi) is 8.18. The molecule has 8 nitrogen and oxygen atoms in total. The molecular formula is C30H30F3N3O5. The molecule has 2 aliphatic heterocycles. The van der Waals surface area contributed by atoms with Gasteiger partial charge in [-0.15, -0.1) is 0 Å². The Labute approximate surface area is 234 Å². The number of benzene rings is 3. The van der Waals surface area contributed by atoms with E-state index in [-0.39, 0.29) is 36.6 Å². The van der Waals surface area contributed by atoms with Gasteiger partial charge in [-0.3, -0.25) is 4.79 Å². The molecule has 1 saturated heterocycles. The van der Waals surface area contributed by atoms with E-state index in [1.165, 1.54) is 12.1 Å². The van der Waals surface area contributed by atoms with Gasteiger partial charge in [-0.25, -0.2) is 4.79 Å². The second kappa shape index (κ2) is 11.8. The minimum absolute atomic E-state index is 0.111. The van der Waals surface area contributed by atoms with E-state index < -0.39 is 36.1 Å². The van der Waals surface area contributed by atoms with Crippen molar-refractivity contribution in [2.75, 3.05) is 17.2 Å². The standard InChI is InChI=1S/C30H30F3N3O5/c1-17(18-5-3-2-4-6-18)34-27(38)15-22-14-24-23-13-21(11-12-25(23)41-28(24)26(16-37)40-22)36-29(39)35-20-9-7-19(8-10-20)30(31,32)33/h2-13,17,22,24,26,28,37H,14-16H2,1H3,(H,34,38)(H2,35,36,39)/t17-,22-,24-,26-,28+/m0/s1. The number of amides is 3. The lowest BCUT2D eigenvalue weighted by atomic mass is 9.84. The van der Waals surface area contributed by atoms with Crippen molar-refractivity contribution in [3.05, 3.63) is 89.5 Å². The maximum atomic E-state index is 12.8. The molecule has 3 amide bonds. The summed E-state index contributed by atoms with van der Waals surface area (Å²) in [5.41, 5.74) is 1.65. The third kappa shape index (κ3) is 6.63. The molecule has 2 aliphatic rings. The minimum Gasteiger partial charge on any atom is -0.487 e. The van der Waals surface area contributed by atoms with Gasteiger partial charge in [0.1, 0.15) is 18.0 Å². The largest absolute Gasteiger partial charge is 0.487 e. The first kappa shape index (κ1) is 28.4. The number of carbonyl (C=O) groups is 2. The van der Waals surface area contributed by atoms with Crippen molar-refractivity contribution in [3.8, 4) is 5.75 Å². The summed E-state index contributed by atoms with van der Waals surface area (Å²) < 4.78 is 50.5. The van der Waals surface area contributed by atoms with Crippen molar-refractivity contribution in [1.82, 2.24) is 5.32 Å². The highest BCUT2D eigenvalue weighted by Crippen LogP contribution is 2.47. The average molecular weight is 570 g/mol. The van der Waals surface area contributed by atoms with Gasteiger partial charge in [0.25, 0.3) is 0 Å². The Bertz CT molecular complexity index is 1380. The highest BCUT2D eigenvalue weighted by atomic mass is 19.4. The number of halogens is 3. The van der Waals surface area contributed by atoms with Crippen molar-refractivity contribution in [3.63, 3.8) is 0 Å². The number of aliphatic hydroxyl groups excluding tert-OH is 1. The van der Waals surface area contributed by atoms with Crippen LogP contribution >= 0.6 is 0 Å². The van der Waals surface area contributed by atoms with E-state index in [2.05, 4.69) is 16.0 Å². The first-order valence-corrected chi connectivity index (χ1v) is 13.3. The molecule has 11 heteroatoms. The number of hydrogen-bond donors (Lipinski definition) is 4. The first-order valence-electron chi connectivity index (χ1n) is 13.3. The van der Waals surface area contributed by atoms with Crippen molar-refractivity contribution < 1.29 is 37.3 Å². The quantitative estimate of drug-likeness (QED) is 0.296. The molecule has 5 rings (SSSR count). The molecule has 4 N–H and O–H groups in total. The first-order chi connectivity index (χ1) is 19.6. The maximum Gasteiger partial charge on any atom is 0.416 e. The highest BCUT2D eigenvalue weighted by Gasteiger charge is 2.46. The normalized spacial score (nSPS) is 22.1. The van der Waals surface area contributed by atoms with Crippen LogP contribution in [0.4, 0.5) is 29.3 Å². The lowest BCUT2D eigenvalue weighted by molar-refractivity contribution is -0.142. The Morgan fingerprint density at radius 2 is 1.68 bits per heavy atom. The summed E-state index contributed by atoms with van der Waals surface area (Å²) in [6, 6.07) is 18.1. The summed E-state index contributed by atoms with van der Waals surface area (Å²) >= 11 is 0. The molecule has 0 unspecified atom stereocenters. The van der Waals surface area contributed by atoms with E-state index in [4.69, 9.17) is 9.47 Å². The van der Waals surface area contributed by atoms with E-state index in [9.17, 15) is 27.9 Å². The zero-order valence-electron chi connectivity index (χ0n) is 22.2. The predicted molar refractivity (Wildman–Crippen MR) is 146 cm³/mol. The zero-order valence-corrected chi connectivity index (χ0v) is 22.2. The van der Waals surface area contributed by atoms with Crippen LogP contribution in [0.15, 0.2) is 72.8 Å². The molecule has 1 fully saturated rings. The smallest absolute Gasteiger partial charge is 0.416 e. The fraction of sp³-hybridized carbons (Fsp3) is 0.333. The van der Waals surface area contributed by atoms with Crippen LogP contribution in [-0.2, 0) is 15.7 Å². The molecule has 0 aliphatic carbocycles. The van der Waals surface area contributed by atoms with Gasteiger partial charge in [0.15, 0.2) is 0 Å². The predicted octanol–water partition coefficient (Wildman–Crippen LogP) is 5.61. The zero-order chi connectivity index (χ0) is 29.1. The van der Waals surface area contributed by atoms with Crippen LogP contribution < -0.4 is 20.7 Å². The SMILES string of the molecule is C[C@H](NC(=O)C[C@@H]1C[C@H]2c3cc(NC(=O)Nc4ccc(C(F)(F)F)cc4)ccc3O[C@H]2[C@H](CO)O1)c1ccccc1. The third-order valence-corrected chi connectivity index (χ3v) is 7.32. The van der Waals surface area contributed by atoms with Crippen molar-refractivity contribution in [2.45, 2.75) is 56.2 Å². The van der Waals surface area contributed by atoms with Crippen molar-refractivity contribution in [1.29, 1.82) is 0 Å². The number of ether oxygens (including phenoxy) is 2. The van der Waals surface area contributed by atoms with Gasteiger partial charge in [-0.2, -0.15) is 13.2 Å². The number of hydrogen-bond acceptors (Lipinski definition) is 5. The Hall–Kier alpha value is -4.09. The summed E-state index contributed by atoms with van der Waals surface area (Å²) in [6.07, 6.45) is -5.42. The third-order valence-electron chi connectivity index (χ3n) is 7.32. The summed E-state index contributed by atoms with van der Waals surface area (Å²) in [5, 5.41) is 18.2. The molecule has 0 spiro atoms. The molecule has 3 aromatic carbocycles. The van der Waals surface area contributed by atoms with E-state index in [1.54, 1.807) is 18.2 Å². The monoisotopic (exact) mass is 569 g/mol. The van der Waals surface area contributed by atoms with E-state index in [0.717, 1.165) is 23.3 Å². The van der Waals surface area contributed by atoms with Gasteiger partial charge in [0, 0.05) is 22.9 Å². The van der Waals surface area contributed by atoms with Crippen LogP contribution in [-0.4, -0.2) is 42.0 Å². The lowest BCUT2D eigenvalue weighted by Crippen LogP contribution is -2.47. The Morgan fingerprint density at radius 1 is 1.00 bits per heavy atom. The Morgan fingerprint density at radius 3 is 2.37 bits per heavy atom. The number of nitrogens with one attached hydrogen (secondary N) is 3. The number of anilines is 2. The van der Waals surface area contributed by atoms with Crippen molar-refractivity contribution >= 4 is 23.3 Å². The number of aliphatic hydroxyl groups is 1. The van der Waals surface area contributed by atoms with Crippen LogP contribution in [0.2, 0.25) is 0 Å². The van der Waals surface area contributed by atoms with E-state index >= 15 is 0 Å². The van der Waals surface area contributed by atoms with Crippen LogP contribution in [0.25, 0.3) is 0 Å². The summed E-state index contributed by atoms with van der Waals surface area (Å²) in [4.78, 5) is 25.4. The van der Waals surface area contributed by atoms with Gasteiger partial charge in [0.2, 0.25) is 5.91 Å². The van der Waals surface area contributed by atoms with Gasteiger partial charge in [-0.1, -0.05) is 30.3 Å². The van der Waals surface area contributed by atoms with Crippen LogP contribution in [0.1, 0.15) is 48.4 Å². The molecular weight excluding hydrogens is 539 g/mol. The summed E-state index contributed by atoms with van der Waals surface area (Å²) in [7, 11) is 0. The number of alkyl halides is 3. The average Bonchev–Trinajstić information content (AvgIpc) is 3.30. The maximum absolute atomic E-state index is 12.8. The molecule has 0 saturated carbocycles. The summed E-state index contributed by atoms with van der Waals surface area (Å²) in [6.45, 7) is 1.62. The van der Waals surface area contributed by atoms with Gasteiger partial charge < -0.3 is 30.5 Å². The highest BCUT2D eigenvalue weighted by molar-refractivity contribution is 5.99. The lowest BCUT2D eigenvalue weighted by Gasteiger charge is -2.37. The molecule has 2 heterocycles. The fourth-order valence-corrected chi connectivity index (χ4v) is 5.34. The van der Waals surface area contributed by atoms with Crippen LogP contribution in [0.5, 0.6) is 5.75 Å². The second-order valence-corrected chi connectivity index (χ2v) is 10.2. The van der Waals surface area contributed by atoms with E-state index in [0.29, 0.717) is 17.9 Å². The molecule has 0 bridgehead atoms. The molecule has 0 radical (unpaired) electrons. The fourth-order valence-electron chi connectivity index (χ4n) is 5.34. The summed E-state index contributed by atoms with van der Waals surface area (Å²) in [5.74, 6) is 0.245.